The standard InChI is InChI=1S/C55H92O6/c1-4-7-10-13-16-19-22-24-26-27-29-30-33-36-39-42-45-48-54(57)60-51-52(50-59-53(56)47-44-41-38-35-32-21-18-15-12-9-6-3)61-55(58)49-46-43-40-37-34-31-28-25-23-20-17-14-11-8-5-2/h16-17,19-20,24-26,28-30,34,36-37,39,52H,4-15,18,21-23,27,31-33,35,38,40-51H2,1-3H3/b19-16-,20-17-,26-24-,28-25-,30-29-,37-34-,39-36-/t52-/m0/s1. The zero-order valence-electron chi connectivity index (χ0n) is 39.7. The fourth-order valence-electron chi connectivity index (χ4n) is 6.56. The maximum Gasteiger partial charge on any atom is 0.306 e. The molecule has 0 aliphatic rings. The molecule has 6 nitrogen and oxygen atoms in total. The summed E-state index contributed by atoms with van der Waals surface area (Å²) in [7, 11) is 0. The lowest BCUT2D eigenvalue weighted by Gasteiger charge is -2.18. The third-order valence-electron chi connectivity index (χ3n) is 10.4. The van der Waals surface area contributed by atoms with Crippen LogP contribution in [0.5, 0.6) is 0 Å². The van der Waals surface area contributed by atoms with E-state index in [9.17, 15) is 14.4 Å². The van der Waals surface area contributed by atoms with Crippen LogP contribution in [0.25, 0.3) is 0 Å². The molecule has 0 bridgehead atoms. The van der Waals surface area contributed by atoms with Gasteiger partial charge in [0.1, 0.15) is 13.2 Å². The minimum Gasteiger partial charge on any atom is -0.462 e. The molecule has 348 valence electrons. The summed E-state index contributed by atoms with van der Waals surface area (Å²) in [5, 5.41) is 0. The van der Waals surface area contributed by atoms with Crippen LogP contribution >= 0.6 is 0 Å². The quantitative estimate of drug-likeness (QED) is 0.0263. The van der Waals surface area contributed by atoms with Gasteiger partial charge in [0, 0.05) is 19.3 Å². The van der Waals surface area contributed by atoms with E-state index in [4.69, 9.17) is 14.2 Å². The first-order valence-electron chi connectivity index (χ1n) is 25.1. The van der Waals surface area contributed by atoms with Gasteiger partial charge in [0.2, 0.25) is 0 Å². The van der Waals surface area contributed by atoms with E-state index in [1.807, 2.05) is 0 Å². The Morgan fingerprint density at radius 3 is 1.02 bits per heavy atom. The first kappa shape index (κ1) is 57.6. The molecule has 1 atom stereocenters. The Labute approximate surface area is 375 Å². The van der Waals surface area contributed by atoms with Crippen molar-refractivity contribution in [2.45, 2.75) is 232 Å². The number of unbranched alkanes of at least 4 members (excludes halogenated alkanes) is 19. The van der Waals surface area contributed by atoms with Gasteiger partial charge in [-0.3, -0.25) is 14.4 Å². The maximum atomic E-state index is 12.8. The van der Waals surface area contributed by atoms with E-state index in [1.54, 1.807) is 0 Å². The summed E-state index contributed by atoms with van der Waals surface area (Å²) >= 11 is 0. The molecule has 0 radical (unpaired) electrons. The van der Waals surface area contributed by atoms with E-state index in [0.29, 0.717) is 19.3 Å². The van der Waals surface area contributed by atoms with Gasteiger partial charge in [-0.25, -0.2) is 0 Å². The zero-order chi connectivity index (χ0) is 44.4. The Balaban J connectivity index is 4.53. The lowest BCUT2D eigenvalue weighted by molar-refractivity contribution is -0.167. The second kappa shape index (κ2) is 49.2. The van der Waals surface area contributed by atoms with Crippen molar-refractivity contribution in [1.29, 1.82) is 0 Å². The highest BCUT2D eigenvalue weighted by molar-refractivity contribution is 5.71. The van der Waals surface area contributed by atoms with Crippen molar-refractivity contribution < 1.29 is 28.6 Å². The Kier molecular flexibility index (Phi) is 46.5. The van der Waals surface area contributed by atoms with Gasteiger partial charge in [0.05, 0.1) is 0 Å². The third-order valence-corrected chi connectivity index (χ3v) is 10.4. The summed E-state index contributed by atoms with van der Waals surface area (Å²) in [6, 6.07) is 0. The van der Waals surface area contributed by atoms with Crippen LogP contribution in [0.1, 0.15) is 226 Å². The number of allylic oxidation sites excluding steroid dienone is 14. The summed E-state index contributed by atoms with van der Waals surface area (Å²) in [5.74, 6) is -1.01. The van der Waals surface area contributed by atoms with Crippen LogP contribution < -0.4 is 0 Å². The SMILES string of the molecule is CCCCC/C=C\C/C=C\C/C=C\C/C=C\CCCC(=O)OC[C@H](COC(=O)CCCCCCCCCCCCC)OC(=O)CCCC/C=C\C/C=C\C/C=C\CCCCC. The van der Waals surface area contributed by atoms with Crippen LogP contribution in [0, 0.1) is 0 Å². The lowest BCUT2D eigenvalue weighted by Crippen LogP contribution is -2.30. The third kappa shape index (κ3) is 47.5. The molecule has 0 aromatic heterocycles. The molecular formula is C55H92O6. The smallest absolute Gasteiger partial charge is 0.306 e. The predicted molar refractivity (Wildman–Crippen MR) is 261 cm³/mol. The van der Waals surface area contributed by atoms with Crippen molar-refractivity contribution in [2.24, 2.45) is 0 Å². The maximum absolute atomic E-state index is 12.8. The highest BCUT2D eigenvalue weighted by Gasteiger charge is 2.19. The monoisotopic (exact) mass is 849 g/mol. The fourth-order valence-corrected chi connectivity index (χ4v) is 6.56. The molecule has 0 saturated heterocycles. The normalized spacial score (nSPS) is 12.8. The van der Waals surface area contributed by atoms with Crippen LogP contribution in [0.15, 0.2) is 85.1 Å². The average Bonchev–Trinajstić information content (AvgIpc) is 3.26. The molecule has 0 unspecified atom stereocenters. The van der Waals surface area contributed by atoms with Crippen LogP contribution in [0.4, 0.5) is 0 Å². The summed E-state index contributed by atoms with van der Waals surface area (Å²) in [6.45, 7) is 6.48. The second-order valence-corrected chi connectivity index (χ2v) is 16.4. The second-order valence-electron chi connectivity index (χ2n) is 16.4. The number of carbonyl (C=O) groups excluding carboxylic acids is 3. The van der Waals surface area contributed by atoms with Gasteiger partial charge in [-0.15, -0.1) is 0 Å². The molecular weight excluding hydrogens is 757 g/mol. The number of esters is 3. The Bertz CT molecular complexity index is 1200. The highest BCUT2D eigenvalue weighted by atomic mass is 16.6. The van der Waals surface area contributed by atoms with Gasteiger partial charge in [-0.2, -0.15) is 0 Å². The van der Waals surface area contributed by atoms with Crippen LogP contribution in [0.2, 0.25) is 0 Å². The van der Waals surface area contributed by atoms with E-state index in [0.717, 1.165) is 70.6 Å². The molecule has 0 aliphatic heterocycles. The van der Waals surface area contributed by atoms with E-state index < -0.39 is 6.10 Å². The molecule has 0 aromatic rings. The molecule has 0 saturated carbocycles. The summed E-state index contributed by atoms with van der Waals surface area (Å²) < 4.78 is 16.7. The lowest BCUT2D eigenvalue weighted by atomic mass is 10.1. The summed E-state index contributed by atoms with van der Waals surface area (Å²) in [6.07, 6.45) is 62.8. The van der Waals surface area contributed by atoms with Gasteiger partial charge in [0.25, 0.3) is 0 Å². The van der Waals surface area contributed by atoms with Crippen molar-refractivity contribution in [2.75, 3.05) is 13.2 Å². The zero-order valence-corrected chi connectivity index (χ0v) is 39.7. The number of ether oxygens (including phenoxy) is 3. The van der Waals surface area contributed by atoms with Gasteiger partial charge in [-0.1, -0.05) is 196 Å². The molecule has 0 aromatic carbocycles. The van der Waals surface area contributed by atoms with Crippen LogP contribution in [-0.2, 0) is 28.6 Å². The topological polar surface area (TPSA) is 78.9 Å². The summed E-state index contributed by atoms with van der Waals surface area (Å²) in [4.78, 5) is 37.9. The van der Waals surface area contributed by atoms with Crippen molar-refractivity contribution in [3.63, 3.8) is 0 Å². The molecule has 0 spiro atoms. The molecule has 0 aliphatic carbocycles. The largest absolute Gasteiger partial charge is 0.462 e. The number of hydrogen-bond donors (Lipinski definition) is 0. The Morgan fingerprint density at radius 1 is 0.328 bits per heavy atom. The Morgan fingerprint density at radius 2 is 0.607 bits per heavy atom. The van der Waals surface area contributed by atoms with E-state index in [-0.39, 0.29) is 44.0 Å². The van der Waals surface area contributed by atoms with E-state index in [2.05, 4.69) is 106 Å². The predicted octanol–water partition coefficient (Wildman–Crippen LogP) is 16.4. The molecule has 0 fully saturated rings. The first-order valence-corrected chi connectivity index (χ1v) is 25.1. The molecule has 0 rings (SSSR count). The average molecular weight is 849 g/mol. The Hall–Kier alpha value is -3.41. The van der Waals surface area contributed by atoms with E-state index >= 15 is 0 Å². The van der Waals surface area contributed by atoms with Gasteiger partial charge >= 0.3 is 17.9 Å². The van der Waals surface area contributed by atoms with Gasteiger partial charge < -0.3 is 14.2 Å². The van der Waals surface area contributed by atoms with Crippen molar-refractivity contribution >= 4 is 17.9 Å². The van der Waals surface area contributed by atoms with Crippen molar-refractivity contribution in [1.82, 2.24) is 0 Å². The summed E-state index contributed by atoms with van der Waals surface area (Å²) in [5.41, 5.74) is 0. The fraction of sp³-hybridized carbons (Fsp3) is 0.691. The number of hydrogen-bond acceptors (Lipinski definition) is 6. The van der Waals surface area contributed by atoms with Gasteiger partial charge in [-0.05, 0) is 96.3 Å². The van der Waals surface area contributed by atoms with E-state index in [1.165, 1.54) is 103 Å². The minimum atomic E-state index is -0.816. The minimum absolute atomic E-state index is 0.108. The van der Waals surface area contributed by atoms with Crippen molar-refractivity contribution in [3.05, 3.63) is 85.1 Å². The first-order chi connectivity index (χ1) is 30.0. The molecule has 0 N–H and O–H groups in total. The molecule has 6 heteroatoms. The van der Waals surface area contributed by atoms with Crippen molar-refractivity contribution in [3.8, 4) is 0 Å². The number of rotatable bonds is 44. The van der Waals surface area contributed by atoms with Gasteiger partial charge in [0.15, 0.2) is 6.10 Å². The molecule has 0 heterocycles. The highest BCUT2D eigenvalue weighted by Crippen LogP contribution is 2.13. The van der Waals surface area contributed by atoms with Crippen LogP contribution in [-0.4, -0.2) is 37.2 Å². The molecule has 0 amide bonds. The number of carbonyl (C=O) groups is 3. The molecule has 61 heavy (non-hydrogen) atoms. The van der Waals surface area contributed by atoms with Crippen LogP contribution in [0.3, 0.4) is 0 Å².